The van der Waals surface area contributed by atoms with Crippen LogP contribution in [0.3, 0.4) is 0 Å². The van der Waals surface area contributed by atoms with Crippen LogP contribution in [0.25, 0.3) is 23.1 Å². The number of ether oxygens (including phenoxy) is 4. The maximum atomic E-state index is 16.3. The number of esters is 2. The standard InChI is InChI=1S/C83H88O11/c1-46(43-85)63-40-71-61-28-23-50-37-64(61)53(42-82(71)33-8-9-34-82)38-66-59-27-21-47-12-4-6-16-57(47)65(59)41-70(66)81(2)78(93-79(63)88)77(75-72(94-81)31-30-62-67(44-86)74(80(89)92-76(62)75)51(32-35-84)45-90-3)91-73(87)39-52-36-49(22-26-56(50)52)58-17-11-19-69-60(58)29-25-55-15-10-14-54-24-20-48-13-5-7-18-68(48)83(54,55)69/h4-7,11-13,16-24,26-28,30-31,37,49,51-56,59,65-66,70-71,77-78,84-86H,8-10,14-15,25,29,32-36,38-45H2,1-3H3/b63-46-/t49-,51+,52+,53+,54-,55+,56-,59-,65-,66-,70+,71-,77+,78-,81-,83+/m0/s1. The Labute approximate surface area is 551 Å². The fraction of sp³-hybridized carbons (Fsp3) is 0.482. The third-order valence-corrected chi connectivity index (χ3v) is 26.5. The van der Waals surface area contributed by atoms with Crippen LogP contribution in [-0.2, 0) is 42.2 Å². The van der Waals surface area contributed by atoms with Gasteiger partial charge in [-0.2, -0.15) is 0 Å². The van der Waals surface area contributed by atoms with E-state index in [1.165, 1.54) is 82.0 Å². The fourth-order valence-corrected chi connectivity index (χ4v) is 22.5. The molecule has 6 aromatic rings. The molecule has 3 saturated carbocycles. The molecule has 11 nitrogen and oxygen atoms in total. The van der Waals surface area contributed by atoms with Gasteiger partial charge < -0.3 is 38.7 Å². The van der Waals surface area contributed by atoms with Gasteiger partial charge in [0.2, 0.25) is 0 Å². The second kappa shape index (κ2) is 23.3. The molecule has 18 rings (SSSR count). The highest BCUT2D eigenvalue weighted by Crippen LogP contribution is 2.67. The molecule has 486 valence electrons. The van der Waals surface area contributed by atoms with Gasteiger partial charge in [-0.3, -0.25) is 4.79 Å². The van der Waals surface area contributed by atoms with Crippen LogP contribution in [0.1, 0.15) is 224 Å². The van der Waals surface area contributed by atoms with Gasteiger partial charge in [0.15, 0.2) is 17.8 Å². The van der Waals surface area contributed by atoms with Crippen LogP contribution in [0, 0.1) is 40.9 Å². The van der Waals surface area contributed by atoms with Gasteiger partial charge in [0.1, 0.15) is 11.3 Å². The van der Waals surface area contributed by atoms with Crippen molar-refractivity contribution in [3.05, 3.63) is 215 Å². The van der Waals surface area contributed by atoms with Crippen molar-refractivity contribution in [1.82, 2.24) is 0 Å². The maximum Gasteiger partial charge on any atom is 0.340 e. The molecule has 7 bridgehead atoms. The lowest BCUT2D eigenvalue weighted by atomic mass is 9.48. The van der Waals surface area contributed by atoms with E-state index in [0.717, 1.165) is 51.4 Å². The van der Waals surface area contributed by atoms with Crippen molar-refractivity contribution < 1.29 is 48.3 Å². The van der Waals surface area contributed by atoms with Crippen LogP contribution in [0.5, 0.6) is 5.75 Å². The Balaban J connectivity index is 0.888. The molecule has 11 heteroatoms. The first-order valence-electron chi connectivity index (χ1n) is 35.6. The normalized spacial score (nSPS) is 33.6. The predicted molar refractivity (Wildman–Crippen MR) is 361 cm³/mol. The molecule has 4 aliphatic heterocycles. The van der Waals surface area contributed by atoms with Crippen LogP contribution in [-0.4, -0.2) is 65.9 Å². The van der Waals surface area contributed by atoms with E-state index in [0.29, 0.717) is 58.9 Å². The first-order chi connectivity index (χ1) is 45.9. The van der Waals surface area contributed by atoms with Gasteiger partial charge in [-0.05, 0) is 223 Å². The van der Waals surface area contributed by atoms with Crippen molar-refractivity contribution in [3.8, 4) is 5.75 Å². The number of aliphatic hydroxyl groups excluding tert-OH is 3. The molecule has 5 aromatic carbocycles. The van der Waals surface area contributed by atoms with E-state index in [1.54, 1.807) is 0 Å². The Morgan fingerprint density at radius 1 is 0.766 bits per heavy atom. The highest BCUT2D eigenvalue weighted by atomic mass is 16.6. The molecule has 0 radical (unpaired) electrons. The fourth-order valence-electron chi connectivity index (χ4n) is 22.5. The topological polar surface area (TPSA) is 162 Å². The highest BCUT2D eigenvalue weighted by Gasteiger charge is 2.64. The lowest BCUT2D eigenvalue weighted by molar-refractivity contribution is -0.202. The number of hydrogen-bond acceptors (Lipinski definition) is 11. The number of benzene rings is 5. The number of rotatable bonds is 8. The van der Waals surface area contributed by atoms with Crippen LogP contribution in [0.15, 0.2) is 142 Å². The van der Waals surface area contributed by atoms with Crippen molar-refractivity contribution >= 4 is 35.1 Å². The Kier molecular flexibility index (Phi) is 15.0. The number of carbonyl (C=O) groups is 2. The average molecular weight is 1260 g/mol. The zero-order valence-corrected chi connectivity index (χ0v) is 54.5. The zero-order valence-electron chi connectivity index (χ0n) is 54.5. The number of methoxy groups -OCH3 is 1. The molecule has 0 amide bonds. The van der Waals surface area contributed by atoms with E-state index in [2.05, 4.69) is 128 Å². The summed E-state index contributed by atoms with van der Waals surface area (Å²) in [5.74, 6) is -0.702. The monoisotopic (exact) mass is 1260 g/mol. The van der Waals surface area contributed by atoms with Gasteiger partial charge in [0.05, 0.1) is 25.4 Å². The highest BCUT2D eigenvalue weighted by molar-refractivity contribution is 5.91. The second-order valence-electron chi connectivity index (χ2n) is 30.6. The zero-order chi connectivity index (χ0) is 63.9. The summed E-state index contributed by atoms with van der Waals surface area (Å²) < 4.78 is 34.7. The Morgan fingerprint density at radius 3 is 2.40 bits per heavy atom. The summed E-state index contributed by atoms with van der Waals surface area (Å²) in [6, 6.07) is 35.9. The minimum Gasteiger partial charge on any atom is -0.483 e. The molecule has 0 unspecified atom stereocenters. The van der Waals surface area contributed by atoms with Gasteiger partial charge >= 0.3 is 17.6 Å². The number of allylic oxidation sites excluding steroid dienone is 4. The molecular weight excluding hydrogens is 1170 g/mol. The summed E-state index contributed by atoms with van der Waals surface area (Å²) >= 11 is 0. The Morgan fingerprint density at radius 2 is 1.57 bits per heavy atom. The quantitative estimate of drug-likeness (QED) is 0.0576. The molecule has 1 saturated heterocycles. The van der Waals surface area contributed by atoms with E-state index >= 15 is 9.59 Å². The lowest BCUT2D eigenvalue weighted by Gasteiger charge is -2.55. The average Bonchev–Trinajstić information content (AvgIpc) is 0.956. The summed E-state index contributed by atoms with van der Waals surface area (Å²) in [4.78, 5) is 47.5. The number of fused-ring (bicyclic) bond motifs is 15. The molecule has 16 atom stereocenters. The molecule has 3 N–H and O–H groups in total. The minimum atomic E-state index is -1.37. The van der Waals surface area contributed by atoms with Crippen LogP contribution in [0.2, 0.25) is 0 Å². The van der Waals surface area contributed by atoms with Gasteiger partial charge in [-0.1, -0.05) is 141 Å². The Bertz CT molecular complexity index is 4250. The smallest absolute Gasteiger partial charge is 0.340 e. The molecular formula is C83H88O11. The number of aliphatic hydroxyl groups is 3. The first kappa shape index (κ1) is 60.5. The maximum absolute atomic E-state index is 16.3. The summed E-state index contributed by atoms with van der Waals surface area (Å²) in [6.45, 7) is 2.87. The molecule has 5 heterocycles. The minimum absolute atomic E-state index is 0.00169. The number of carbonyl (C=O) groups excluding carboxylic acids is 2. The van der Waals surface area contributed by atoms with Crippen LogP contribution >= 0.6 is 0 Å². The third kappa shape index (κ3) is 9.11. The van der Waals surface area contributed by atoms with Crippen molar-refractivity contribution in [2.75, 3.05) is 26.9 Å². The SMILES string of the molecule is COC[C@@H](CCO)c1c(CO)c2ccc3c(c2oc1=O)[C@H]1OC(=O)C[C@H]2C[C@@H](c4cccc5c4CC[C@H]4CCC[C@H]6C=Cc7ccccc7[C@]546)C=C[C@H]2c2ccc4c(c2)[C@@H]2C[C@H]5[C@H]6C=Cc7ccccc7[C@@H]6C[C@H]5[C@](C)(O3)[C@H]1OC(=O)/C(=C(/C)CO)C[C@@H]4C1(CCCC1)C2. The third-order valence-electron chi connectivity index (χ3n) is 26.5. The molecule has 2 spiro atoms. The summed E-state index contributed by atoms with van der Waals surface area (Å²) in [5.41, 5.74) is 12.9. The summed E-state index contributed by atoms with van der Waals surface area (Å²) in [6.07, 6.45) is 25.8. The molecule has 1 aromatic heterocycles. The van der Waals surface area contributed by atoms with E-state index in [1.807, 2.05) is 19.1 Å². The summed E-state index contributed by atoms with van der Waals surface area (Å²) in [7, 11) is 1.53. The predicted octanol–water partition coefficient (Wildman–Crippen LogP) is 15.6. The van der Waals surface area contributed by atoms with E-state index < -0.39 is 47.9 Å². The van der Waals surface area contributed by atoms with Gasteiger partial charge in [0.25, 0.3) is 0 Å². The van der Waals surface area contributed by atoms with E-state index in [4.69, 9.17) is 23.4 Å². The van der Waals surface area contributed by atoms with Crippen LogP contribution in [0.4, 0.5) is 0 Å². The number of hydrogen-bond donors (Lipinski definition) is 3. The van der Waals surface area contributed by atoms with Crippen molar-refractivity contribution in [2.24, 2.45) is 40.9 Å². The molecule has 12 aliphatic rings. The summed E-state index contributed by atoms with van der Waals surface area (Å²) in [5, 5.41) is 33.5. The molecule has 8 aliphatic carbocycles. The first-order valence-corrected chi connectivity index (χ1v) is 35.6. The van der Waals surface area contributed by atoms with Crippen molar-refractivity contribution in [3.63, 3.8) is 0 Å². The van der Waals surface area contributed by atoms with Gasteiger partial charge in [-0.15, -0.1) is 0 Å². The van der Waals surface area contributed by atoms with E-state index in [-0.39, 0.29) is 113 Å². The largest absolute Gasteiger partial charge is 0.483 e. The molecule has 4 fully saturated rings. The second-order valence-corrected chi connectivity index (χ2v) is 30.6. The lowest BCUT2D eigenvalue weighted by Crippen LogP contribution is -2.59. The van der Waals surface area contributed by atoms with E-state index in [9.17, 15) is 20.1 Å². The van der Waals surface area contributed by atoms with Crippen molar-refractivity contribution in [2.45, 2.75) is 182 Å². The molecule has 94 heavy (non-hydrogen) atoms. The van der Waals surface area contributed by atoms with Gasteiger partial charge in [-0.25, -0.2) is 9.59 Å². The van der Waals surface area contributed by atoms with Crippen LogP contribution < -0.4 is 10.4 Å². The van der Waals surface area contributed by atoms with Gasteiger partial charge in [0, 0.05) is 65.7 Å². The Hall–Kier alpha value is -7.15. The van der Waals surface area contributed by atoms with Crippen molar-refractivity contribution in [1.29, 1.82) is 0 Å².